The minimum atomic E-state index is 0.0669. The Hall–Kier alpha value is -0.760. The second-order valence-electron chi connectivity index (χ2n) is 4.43. The molecule has 1 aromatic rings. The summed E-state index contributed by atoms with van der Waals surface area (Å²) in [5.41, 5.74) is 0.0669. The van der Waals surface area contributed by atoms with Gasteiger partial charge in [-0.1, -0.05) is 18.2 Å². The molecule has 0 N–H and O–H groups in total. The van der Waals surface area contributed by atoms with Gasteiger partial charge >= 0.3 is 0 Å². The quantitative estimate of drug-likeness (QED) is 0.424. The second kappa shape index (κ2) is 5.96. The fourth-order valence-electron chi connectivity index (χ4n) is 1.08. The van der Waals surface area contributed by atoms with Gasteiger partial charge in [0.2, 0.25) is 0 Å². The summed E-state index contributed by atoms with van der Waals surface area (Å²) in [7, 11) is 0. The molecule has 0 unspecified atom stereocenters. The Labute approximate surface area is 97.0 Å². The molecular weight excluding hydrogens is 202 g/mol. The van der Waals surface area contributed by atoms with Crippen LogP contribution in [0, 0.1) is 0 Å². The SMILES string of the molecule is CC(C)(C)N=CCCSc1ccccc1. The molecule has 1 aromatic carbocycles. The van der Waals surface area contributed by atoms with Gasteiger partial charge in [-0.3, -0.25) is 4.99 Å². The predicted molar refractivity (Wildman–Crippen MR) is 70.0 cm³/mol. The molecule has 0 saturated carbocycles. The number of hydrogen-bond acceptors (Lipinski definition) is 2. The van der Waals surface area contributed by atoms with E-state index in [2.05, 4.69) is 50.0 Å². The molecule has 82 valence electrons. The monoisotopic (exact) mass is 221 g/mol. The zero-order valence-electron chi connectivity index (χ0n) is 9.73. The Morgan fingerprint density at radius 3 is 2.47 bits per heavy atom. The molecule has 0 atom stereocenters. The molecule has 0 saturated heterocycles. The Morgan fingerprint density at radius 1 is 1.20 bits per heavy atom. The molecule has 0 radical (unpaired) electrons. The Kier molecular flexibility index (Phi) is 4.89. The largest absolute Gasteiger partial charge is 0.292 e. The third-order valence-electron chi connectivity index (χ3n) is 1.74. The van der Waals surface area contributed by atoms with Crippen molar-refractivity contribution in [3.05, 3.63) is 30.3 Å². The molecule has 1 rings (SSSR count). The highest BCUT2D eigenvalue weighted by molar-refractivity contribution is 7.99. The van der Waals surface area contributed by atoms with Gasteiger partial charge in [-0.05, 0) is 39.3 Å². The number of hydrogen-bond donors (Lipinski definition) is 0. The molecule has 0 aromatic heterocycles. The summed E-state index contributed by atoms with van der Waals surface area (Å²) in [5, 5.41) is 0. The van der Waals surface area contributed by atoms with Crippen LogP contribution in [0.5, 0.6) is 0 Å². The molecule has 0 aliphatic carbocycles. The summed E-state index contributed by atoms with van der Waals surface area (Å²) in [4.78, 5) is 5.78. The molecule has 0 fully saturated rings. The highest BCUT2D eigenvalue weighted by atomic mass is 32.2. The molecule has 0 bridgehead atoms. The lowest BCUT2D eigenvalue weighted by molar-refractivity contribution is 0.585. The molecule has 0 heterocycles. The minimum Gasteiger partial charge on any atom is -0.292 e. The van der Waals surface area contributed by atoms with Crippen LogP contribution < -0.4 is 0 Å². The zero-order chi connectivity index (χ0) is 11.1. The number of rotatable bonds is 4. The topological polar surface area (TPSA) is 12.4 Å². The van der Waals surface area contributed by atoms with Crippen molar-refractivity contribution >= 4 is 18.0 Å². The average Bonchev–Trinajstić information content (AvgIpc) is 2.17. The lowest BCUT2D eigenvalue weighted by atomic mass is 10.1. The van der Waals surface area contributed by atoms with E-state index in [0.717, 1.165) is 12.2 Å². The van der Waals surface area contributed by atoms with Gasteiger partial charge in [-0.25, -0.2) is 0 Å². The van der Waals surface area contributed by atoms with E-state index in [4.69, 9.17) is 0 Å². The van der Waals surface area contributed by atoms with Crippen LogP contribution in [0.2, 0.25) is 0 Å². The fraction of sp³-hybridized carbons (Fsp3) is 0.462. The lowest BCUT2D eigenvalue weighted by Gasteiger charge is -2.10. The Balaban J connectivity index is 2.21. The highest BCUT2D eigenvalue weighted by Crippen LogP contribution is 2.17. The molecule has 0 aliphatic rings. The minimum absolute atomic E-state index is 0.0669. The predicted octanol–water partition coefficient (Wildman–Crippen LogP) is 4.04. The summed E-state index contributed by atoms with van der Waals surface area (Å²) in [6, 6.07) is 10.5. The fourth-order valence-corrected chi connectivity index (χ4v) is 1.89. The third kappa shape index (κ3) is 6.34. The van der Waals surface area contributed by atoms with Gasteiger partial charge in [0.05, 0.1) is 5.54 Å². The van der Waals surface area contributed by atoms with E-state index >= 15 is 0 Å². The summed E-state index contributed by atoms with van der Waals surface area (Å²) in [6.07, 6.45) is 3.08. The Morgan fingerprint density at radius 2 is 1.87 bits per heavy atom. The summed E-state index contributed by atoms with van der Waals surface area (Å²) in [6.45, 7) is 6.36. The van der Waals surface area contributed by atoms with Crippen molar-refractivity contribution in [3.63, 3.8) is 0 Å². The van der Waals surface area contributed by atoms with Crippen LogP contribution in [-0.2, 0) is 0 Å². The van der Waals surface area contributed by atoms with Gasteiger partial charge in [0.25, 0.3) is 0 Å². The number of benzene rings is 1. The maximum Gasteiger partial charge on any atom is 0.0520 e. The first-order valence-corrected chi connectivity index (χ1v) is 6.28. The first kappa shape index (κ1) is 12.3. The van der Waals surface area contributed by atoms with Gasteiger partial charge in [0.15, 0.2) is 0 Å². The van der Waals surface area contributed by atoms with E-state index in [1.807, 2.05) is 24.0 Å². The molecule has 0 amide bonds. The van der Waals surface area contributed by atoms with Gasteiger partial charge in [0, 0.05) is 16.9 Å². The molecule has 15 heavy (non-hydrogen) atoms. The Bertz CT molecular complexity index is 298. The smallest absolute Gasteiger partial charge is 0.0520 e. The van der Waals surface area contributed by atoms with Crippen molar-refractivity contribution in [1.29, 1.82) is 0 Å². The molecule has 1 nitrogen and oxygen atoms in total. The van der Waals surface area contributed by atoms with Gasteiger partial charge in [0.1, 0.15) is 0 Å². The highest BCUT2D eigenvalue weighted by Gasteiger charge is 2.03. The molecular formula is C13H19NS. The van der Waals surface area contributed by atoms with Crippen LogP contribution in [0.25, 0.3) is 0 Å². The number of nitrogens with zero attached hydrogens (tertiary/aromatic N) is 1. The van der Waals surface area contributed by atoms with Crippen molar-refractivity contribution in [3.8, 4) is 0 Å². The van der Waals surface area contributed by atoms with Crippen LogP contribution in [-0.4, -0.2) is 17.5 Å². The van der Waals surface area contributed by atoms with Crippen LogP contribution in [0.15, 0.2) is 40.2 Å². The number of thioether (sulfide) groups is 1. The van der Waals surface area contributed by atoms with E-state index in [0.29, 0.717) is 0 Å². The van der Waals surface area contributed by atoms with E-state index < -0.39 is 0 Å². The second-order valence-corrected chi connectivity index (χ2v) is 5.60. The van der Waals surface area contributed by atoms with Crippen molar-refractivity contribution in [1.82, 2.24) is 0 Å². The van der Waals surface area contributed by atoms with Crippen molar-refractivity contribution in [2.45, 2.75) is 37.6 Å². The van der Waals surface area contributed by atoms with E-state index in [-0.39, 0.29) is 5.54 Å². The van der Waals surface area contributed by atoms with Gasteiger partial charge in [-0.2, -0.15) is 0 Å². The number of aliphatic imine (C=N–C) groups is 1. The van der Waals surface area contributed by atoms with Gasteiger partial charge < -0.3 is 0 Å². The van der Waals surface area contributed by atoms with Crippen molar-refractivity contribution in [2.24, 2.45) is 4.99 Å². The van der Waals surface area contributed by atoms with Crippen LogP contribution in [0.3, 0.4) is 0 Å². The van der Waals surface area contributed by atoms with E-state index in [1.165, 1.54) is 4.90 Å². The van der Waals surface area contributed by atoms with Crippen LogP contribution in [0.1, 0.15) is 27.2 Å². The molecule has 2 heteroatoms. The van der Waals surface area contributed by atoms with Gasteiger partial charge in [-0.15, -0.1) is 11.8 Å². The summed E-state index contributed by atoms with van der Waals surface area (Å²) < 4.78 is 0. The van der Waals surface area contributed by atoms with Crippen molar-refractivity contribution < 1.29 is 0 Å². The lowest BCUT2D eigenvalue weighted by Crippen LogP contribution is -2.09. The normalized spacial score (nSPS) is 12.2. The first-order valence-electron chi connectivity index (χ1n) is 5.29. The molecule has 0 spiro atoms. The van der Waals surface area contributed by atoms with Crippen LogP contribution >= 0.6 is 11.8 Å². The van der Waals surface area contributed by atoms with Crippen LogP contribution in [0.4, 0.5) is 0 Å². The van der Waals surface area contributed by atoms with Crippen molar-refractivity contribution in [2.75, 3.05) is 5.75 Å². The zero-order valence-corrected chi connectivity index (χ0v) is 10.6. The third-order valence-corrected chi connectivity index (χ3v) is 2.78. The van der Waals surface area contributed by atoms with E-state index in [1.54, 1.807) is 0 Å². The summed E-state index contributed by atoms with van der Waals surface area (Å²) in [5.74, 6) is 1.10. The standard InChI is InChI=1S/C13H19NS/c1-13(2,3)14-10-7-11-15-12-8-5-4-6-9-12/h4-6,8-10H,7,11H2,1-3H3. The maximum atomic E-state index is 4.45. The maximum absolute atomic E-state index is 4.45. The average molecular weight is 221 g/mol. The molecule has 0 aliphatic heterocycles. The summed E-state index contributed by atoms with van der Waals surface area (Å²) >= 11 is 1.88. The first-order chi connectivity index (χ1) is 7.08. The van der Waals surface area contributed by atoms with E-state index in [9.17, 15) is 0 Å².